The zero-order chi connectivity index (χ0) is 15.1. The Balaban J connectivity index is 2.68. The highest BCUT2D eigenvalue weighted by molar-refractivity contribution is 9.10. The van der Waals surface area contributed by atoms with Gasteiger partial charge >= 0.3 is 6.18 Å². The molecule has 0 aliphatic carbocycles. The Morgan fingerprint density at radius 3 is 2.55 bits per heavy atom. The lowest BCUT2D eigenvalue weighted by Gasteiger charge is -2.12. The van der Waals surface area contributed by atoms with E-state index in [4.69, 9.17) is 0 Å². The summed E-state index contributed by atoms with van der Waals surface area (Å²) >= 11 is 2.69. The summed E-state index contributed by atoms with van der Waals surface area (Å²) < 4.78 is 38.8. The first-order valence-corrected chi connectivity index (χ1v) is 6.42. The summed E-state index contributed by atoms with van der Waals surface area (Å²) in [6, 6.07) is 3.05. The van der Waals surface area contributed by atoms with Gasteiger partial charge in [-0.2, -0.15) is 13.2 Å². The summed E-state index contributed by atoms with van der Waals surface area (Å²) in [5.41, 5.74) is -1.21. The molecule has 0 saturated carbocycles. The van der Waals surface area contributed by atoms with Gasteiger partial charge in [0.15, 0.2) is 5.69 Å². The van der Waals surface area contributed by atoms with E-state index in [1.165, 1.54) is 12.3 Å². The molecule has 0 aliphatic heterocycles. The fourth-order valence-electron chi connectivity index (χ4n) is 1.81. The topological polar surface area (TPSA) is 37.6 Å². The van der Waals surface area contributed by atoms with Crippen molar-refractivity contribution < 1.29 is 13.2 Å². The Morgan fingerprint density at radius 2 is 2.00 bits per heavy atom. The molecule has 0 radical (unpaired) electrons. The molecule has 0 fully saturated rings. The fourth-order valence-corrected chi connectivity index (χ4v) is 2.31. The van der Waals surface area contributed by atoms with Crippen LogP contribution in [0.25, 0.3) is 5.65 Å². The highest BCUT2D eigenvalue weighted by Gasteiger charge is 2.36. The zero-order valence-electron chi connectivity index (χ0n) is 10.7. The molecular weight excluding hydrogens is 339 g/mol. The second-order valence-corrected chi connectivity index (χ2v) is 5.37. The summed E-state index contributed by atoms with van der Waals surface area (Å²) in [4.78, 5) is 17.4. The summed E-state index contributed by atoms with van der Waals surface area (Å²) in [6.07, 6.45) is -3.18. The molecule has 2 aromatic rings. The third kappa shape index (κ3) is 2.85. The van der Waals surface area contributed by atoms with Crippen molar-refractivity contribution in [2.75, 3.05) is 14.1 Å². The van der Waals surface area contributed by atoms with Crippen LogP contribution in [0.4, 0.5) is 13.2 Å². The molecule has 0 saturated heterocycles. The van der Waals surface area contributed by atoms with Gasteiger partial charge in [0.2, 0.25) is 0 Å². The van der Waals surface area contributed by atoms with E-state index in [1.54, 1.807) is 6.07 Å². The molecule has 2 aromatic heterocycles. The van der Waals surface area contributed by atoms with Crippen molar-refractivity contribution >= 4 is 21.6 Å². The Kier molecular flexibility index (Phi) is 3.88. The van der Waals surface area contributed by atoms with Crippen molar-refractivity contribution in [2.45, 2.75) is 12.7 Å². The van der Waals surface area contributed by atoms with Gasteiger partial charge in [0.1, 0.15) is 10.1 Å². The van der Waals surface area contributed by atoms with E-state index in [1.807, 2.05) is 19.0 Å². The van der Waals surface area contributed by atoms with Crippen LogP contribution in [0.1, 0.15) is 11.3 Å². The van der Waals surface area contributed by atoms with E-state index in [0.29, 0.717) is 6.54 Å². The van der Waals surface area contributed by atoms with Gasteiger partial charge in [-0.05, 0) is 41.7 Å². The van der Waals surface area contributed by atoms with E-state index in [2.05, 4.69) is 20.9 Å². The Morgan fingerprint density at radius 1 is 1.35 bits per heavy atom. The van der Waals surface area contributed by atoms with Gasteiger partial charge in [0, 0.05) is 12.7 Å². The lowest BCUT2D eigenvalue weighted by Crippen LogP contribution is -2.23. The van der Waals surface area contributed by atoms with Crippen LogP contribution in [-0.4, -0.2) is 28.4 Å². The first-order valence-electron chi connectivity index (χ1n) is 5.63. The highest BCUT2D eigenvalue weighted by atomic mass is 79.9. The molecule has 0 aliphatic rings. The van der Waals surface area contributed by atoms with Crippen molar-refractivity contribution in [3.8, 4) is 0 Å². The van der Waals surface area contributed by atoms with E-state index in [0.717, 1.165) is 9.96 Å². The van der Waals surface area contributed by atoms with E-state index in [9.17, 15) is 18.0 Å². The predicted molar refractivity (Wildman–Crippen MR) is 71.6 cm³/mol. The molecule has 8 heteroatoms. The number of rotatable bonds is 2. The maximum atomic E-state index is 12.8. The summed E-state index contributed by atoms with van der Waals surface area (Å²) in [7, 11) is 3.71. The molecule has 0 aromatic carbocycles. The quantitative estimate of drug-likeness (QED) is 0.836. The summed E-state index contributed by atoms with van der Waals surface area (Å²) in [5.74, 6) is 0. The number of pyridine rings is 1. The third-order valence-electron chi connectivity index (χ3n) is 2.60. The molecule has 0 unspecified atom stereocenters. The average Bonchev–Trinajstić information content (AvgIpc) is 2.32. The standard InChI is InChI=1S/C12H11BrF3N3O/c1-18(2)5-7-3-4-8-17-10(12(14,15)16)9(13)11(20)19(8)6-7/h3-4,6H,5H2,1-2H3. The molecule has 108 valence electrons. The van der Waals surface area contributed by atoms with Gasteiger partial charge in [0.25, 0.3) is 5.56 Å². The van der Waals surface area contributed by atoms with Crippen molar-refractivity contribution in [1.29, 1.82) is 0 Å². The monoisotopic (exact) mass is 349 g/mol. The molecule has 0 atom stereocenters. The first-order chi connectivity index (χ1) is 9.20. The van der Waals surface area contributed by atoms with Crippen LogP contribution in [0.3, 0.4) is 0 Å². The number of nitrogens with zero attached hydrogens (tertiary/aromatic N) is 3. The lowest BCUT2D eigenvalue weighted by atomic mass is 10.2. The van der Waals surface area contributed by atoms with Crippen LogP contribution in [-0.2, 0) is 12.7 Å². The van der Waals surface area contributed by atoms with Crippen LogP contribution >= 0.6 is 15.9 Å². The lowest BCUT2D eigenvalue weighted by molar-refractivity contribution is -0.141. The highest BCUT2D eigenvalue weighted by Crippen LogP contribution is 2.31. The number of aromatic nitrogens is 2. The molecule has 2 heterocycles. The molecular formula is C12H11BrF3N3O. The average molecular weight is 350 g/mol. The van der Waals surface area contributed by atoms with Gasteiger partial charge in [-0.25, -0.2) is 4.98 Å². The number of alkyl halides is 3. The smallest absolute Gasteiger partial charge is 0.305 e. The Hall–Kier alpha value is -1.41. The van der Waals surface area contributed by atoms with Crippen molar-refractivity contribution in [2.24, 2.45) is 0 Å². The molecule has 0 bridgehead atoms. The number of fused-ring (bicyclic) bond motifs is 1. The van der Waals surface area contributed by atoms with Crippen LogP contribution < -0.4 is 5.56 Å². The molecule has 2 rings (SSSR count). The van der Waals surface area contributed by atoms with Crippen LogP contribution in [0.15, 0.2) is 27.6 Å². The van der Waals surface area contributed by atoms with Crippen LogP contribution in [0, 0.1) is 0 Å². The zero-order valence-corrected chi connectivity index (χ0v) is 12.3. The van der Waals surface area contributed by atoms with Crippen LogP contribution in [0.2, 0.25) is 0 Å². The Labute approximate surface area is 121 Å². The first kappa shape index (κ1) is 15.0. The molecule has 0 N–H and O–H groups in total. The van der Waals surface area contributed by atoms with Gasteiger partial charge < -0.3 is 4.90 Å². The largest absolute Gasteiger partial charge is 0.434 e. The molecule has 0 amide bonds. The molecule has 0 spiro atoms. The molecule has 20 heavy (non-hydrogen) atoms. The SMILES string of the molecule is CN(C)Cc1ccc2nc(C(F)(F)F)c(Br)c(=O)n2c1. The van der Waals surface area contributed by atoms with Crippen molar-refractivity contribution in [3.05, 3.63) is 44.4 Å². The Bertz CT molecular complexity index is 709. The maximum absolute atomic E-state index is 12.8. The van der Waals surface area contributed by atoms with Gasteiger partial charge in [-0.3, -0.25) is 9.20 Å². The van der Waals surface area contributed by atoms with Crippen molar-refractivity contribution in [3.63, 3.8) is 0 Å². The molecule has 4 nitrogen and oxygen atoms in total. The second-order valence-electron chi connectivity index (χ2n) is 4.58. The number of hydrogen-bond acceptors (Lipinski definition) is 3. The number of hydrogen-bond donors (Lipinski definition) is 0. The third-order valence-corrected chi connectivity index (χ3v) is 3.31. The summed E-state index contributed by atoms with van der Waals surface area (Å²) in [6.45, 7) is 0.570. The normalized spacial score (nSPS) is 12.3. The summed E-state index contributed by atoms with van der Waals surface area (Å²) in [5, 5.41) is 0. The van der Waals surface area contributed by atoms with E-state index in [-0.39, 0.29) is 5.65 Å². The van der Waals surface area contributed by atoms with Gasteiger partial charge in [0.05, 0.1) is 0 Å². The second kappa shape index (κ2) is 5.17. The van der Waals surface area contributed by atoms with Gasteiger partial charge in [-0.1, -0.05) is 6.07 Å². The van der Waals surface area contributed by atoms with Gasteiger partial charge in [-0.15, -0.1) is 0 Å². The minimum absolute atomic E-state index is 0.0342. The van der Waals surface area contributed by atoms with E-state index >= 15 is 0 Å². The number of halogens is 4. The maximum Gasteiger partial charge on any atom is 0.434 e. The predicted octanol–water partition coefficient (Wildman–Crippen LogP) is 2.54. The van der Waals surface area contributed by atoms with E-state index < -0.39 is 21.9 Å². The van der Waals surface area contributed by atoms with Crippen molar-refractivity contribution in [1.82, 2.24) is 14.3 Å². The fraction of sp³-hybridized carbons (Fsp3) is 0.333. The van der Waals surface area contributed by atoms with Crippen LogP contribution in [0.5, 0.6) is 0 Å². The minimum Gasteiger partial charge on any atom is -0.305 e. The minimum atomic E-state index is -4.67.